The van der Waals surface area contributed by atoms with Gasteiger partial charge in [0.15, 0.2) is 0 Å². The van der Waals surface area contributed by atoms with E-state index >= 15 is 0 Å². The number of hydrogen-bond donors (Lipinski definition) is 1. The fourth-order valence-electron chi connectivity index (χ4n) is 4.23. The summed E-state index contributed by atoms with van der Waals surface area (Å²) in [6.45, 7) is 5.29. The second-order valence-electron chi connectivity index (χ2n) is 8.94. The van der Waals surface area contributed by atoms with E-state index in [0.29, 0.717) is 27.2 Å². The third-order valence-corrected chi connectivity index (χ3v) is 8.82. The molecule has 1 N–H and O–H groups in total. The normalized spacial score (nSPS) is 12.0. The van der Waals surface area contributed by atoms with Crippen molar-refractivity contribution >= 4 is 62.3 Å². The highest BCUT2D eigenvalue weighted by molar-refractivity contribution is 7.92. The minimum absolute atomic E-state index is 0.0492. The molecule has 3 aromatic rings. The molecule has 1 atom stereocenters. The molecule has 0 aliphatic heterocycles. The SMILES string of the molecule is CCNC(=O)C(CC)N(Cc1ccc(Cl)cc1Cl)C(=O)CN(c1ccccc1OCC)S(=O)(=O)c1ccc(Cl)cc1. The van der Waals surface area contributed by atoms with E-state index in [9.17, 15) is 18.0 Å². The fraction of sp³-hybridized carbons (Fsp3) is 0.310. The van der Waals surface area contributed by atoms with Crippen molar-refractivity contribution in [3.8, 4) is 5.75 Å². The predicted octanol–water partition coefficient (Wildman–Crippen LogP) is 6.18. The van der Waals surface area contributed by atoms with Crippen molar-refractivity contribution in [2.75, 3.05) is 24.0 Å². The summed E-state index contributed by atoms with van der Waals surface area (Å²) < 4.78 is 34.8. The van der Waals surface area contributed by atoms with Crippen LogP contribution in [0.4, 0.5) is 5.69 Å². The lowest BCUT2D eigenvalue weighted by molar-refractivity contribution is -0.140. The third-order valence-electron chi connectivity index (χ3n) is 6.21. The summed E-state index contributed by atoms with van der Waals surface area (Å²) >= 11 is 18.5. The molecule has 0 aliphatic carbocycles. The van der Waals surface area contributed by atoms with Gasteiger partial charge < -0.3 is 15.0 Å². The number of rotatable bonds is 13. The van der Waals surface area contributed by atoms with Crippen LogP contribution in [0.15, 0.2) is 71.6 Å². The van der Waals surface area contributed by atoms with Crippen LogP contribution in [0.3, 0.4) is 0 Å². The summed E-state index contributed by atoms with van der Waals surface area (Å²) in [5, 5.41) is 3.85. The number of benzene rings is 3. The standard InChI is InChI=1S/C29H32Cl3N3O5S/c1-4-25(29(37)33-5-2)34(18-20-11-12-22(31)17-24(20)32)28(36)19-35(26-9-7-8-10-27(26)40-6-3)41(38,39)23-15-13-21(30)14-16-23/h7-17,25H,4-6,18-19H2,1-3H3,(H,33,37). The van der Waals surface area contributed by atoms with E-state index in [1.54, 1.807) is 63.2 Å². The van der Waals surface area contributed by atoms with Gasteiger partial charge in [-0.25, -0.2) is 8.42 Å². The molecule has 1 unspecified atom stereocenters. The van der Waals surface area contributed by atoms with Crippen LogP contribution in [-0.4, -0.2) is 50.9 Å². The maximum atomic E-state index is 14.1. The molecule has 0 radical (unpaired) electrons. The first kappa shape index (κ1) is 32.5. The first-order valence-corrected chi connectivity index (χ1v) is 15.6. The largest absolute Gasteiger partial charge is 0.492 e. The Morgan fingerprint density at radius 1 is 0.927 bits per heavy atom. The monoisotopic (exact) mass is 639 g/mol. The molecule has 0 fully saturated rings. The van der Waals surface area contributed by atoms with Crippen molar-refractivity contribution in [2.45, 2.75) is 44.7 Å². The Morgan fingerprint density at radius 2 is 1.59 bits per heavy atom. The second kappa shape index (κ2) is 14.8. The number of sulfonamides is 1. The van der Waals surface area contributed by atoms with Crippen molar-refractivity contribution < 1.29 is 22.7 Å². The maximum Gasteiger partial charge on any atom is 0.264 e. The number of para-hydroxylation sites is 2. The van der Waals surface area contributed by atoms with Gasteiger partial charge in [-0.2, -0.15) is 0 Å². The first-order chi connectivity index (χ1) is 19.5. The van der Waals surface area contributed by atoms with E-state index < -0.39 is 28.5 Å². The molecule has 220 valence electrons. The lowest BCUT2D eigenvalue weighted by atomic mass is 10.1. The van der Waals surface area contributed by atoms with Crippen LogP contribution in [0.5, 0.6) is 5.75 Å². The summed E-state index contributed by atoms with van der Waals surface area (Å²) in [6, 6.07) is 16.2. The van der Waals surface area contributed by atoms with Gasteiger partial charge in [-0.3, -0.25) is 13.9 Å². The van der Waals surface area contributed by atoms with Crippen LogP contribution in [0.1, 0.15) is 32.8 Å². The van der Waals surface area contributed by atoms with Gasteiger partial charge in [-0.05, 0) is 74.4 Å². The highest BCUT2D eigenvalue weighted by Gasteiger charge is 2.35. The van der Waals surface area contributed by atoms with E-state index in [1.807, 2.05) is 0 Å². The van der Waals surface area contributed by atoms with Crippen LogP contribution in [0.25, 0.3) is 0 Å². The lowest BCUT2D eigenvalue weighted by Crippen LogP contribution is -2.52. The Bertz CT molecular complexity index is 1470. The number of carbonyl (C=O) groups excluding carboxylic acids is 2. The first-order valence-electron chi connectivity index (χ1n) is 13.0. The van der Waals surface area contributed by atoms with Crippen molar-refractivity contribution in [1.82, 2.24) is 10.2 Å². The molecule has 0 aromatic heterocycles. The zero-order chi connectivity index (χ0) is 30.2. The smallest absolute Gasteiger partial charge is 0.264 e. The molecule has 0 spiro atoms. The average Bonchev–Trinajstić information content (AvgIpc) is 2.93. The third kappa shape index (κ3) is 8.07. The topological polar surface area (TPSA) is 96.0 Å². The zero-order valence-corrected chi connectivity index (χ0v) is 26.0. The van der Waals surface area contributed by atoms with E-state index in [1.165, 1.54) is 29.2 Å². The van der Waals surface area contributed by atoms with E-state index in [4.69, 9.17) is 39.5 Å². The number of likely N-dealkylation sites (N-methyl/N-ethyl adjacent to an activating group) is 1. The molecule has 0 saturated carbocycles. The van der Waals surface area contributed by atoms with Crippen LogP contribution < -0.4 is 14.4 Å². The fourth-order valence-corrected chi connectivity index (χ4v) is 6.25. The summed E-state index contributed by atoms with van der Waals surface area (Å²) in [5.41, 5.74) is 0.724. The van der Waals surface area contributed by atoms with E-state index in [-0.39, 0.29) is 41.8 Å². The molecule has 41 heavy (non-hydrogen) atoms. The second-order valence-corrected chi connectivity index (χ2v) is 12.1. The lowest BCUT2D eigenvalue weighted by Gasteiger charge is -2.33. The molecule has 0 bridgehead atoms. The molecular weight excluding hydrogens is 609 g/mol. The number of carbonyl (C=O) groups is 2. The Hall–Kier alpha value is -2.98. The van der Waals surface area contributed by atoms with Crippen molar-refractivity contribution in [1.29, 1.82) is 0 Å². The predicted molar refractivity (Wildman–Crippen MR) is 163 cm³/mol. The highest BCUT2D eigenvalue weighted by atomic mass is 35.5. The van der Waals surface area contributed by atoms with E-state index in [0.717, 1.165) is 4.31 Å². The Labute approximate surface area is 256 Å². The van der Waals surface area contributed by atoms with Gasteiger partial charge in [0.1, 0.15) is 18.3 Å². The van der Waals surface area contributed by atoms with E-state index in [2.05, 4.69) is 5.32 Å². The van der Waals surface area contributed by atoms with Crippen LogP contribution in [0.2, 0.25) is 15.1 Å². The number of ether oxygens (including phenoxy) is 1. The molecule has 3 aromatic carbocycles. The van der Waals surface area contributed by atoms with Gasteiger partial charge in [0, 0.05) is 28.2 Å². The number of hydrogen-bond acceptors (Lipinski definition) is 5. The molecule has 0 aliphatic rings. The highest BCUT2D eigenvalue weighted by Crippen LogP contribution is 2.33. The molecule has 0 saturated heterocycles. The minimum atomic E-state index is -4.29. The van der Waals surface area contributed by atoms with Gasteiger partial charge >= 0.3 is 0 Å². The molecule has 3 rings (SSSR count). The van der Waals surface area contributed by atoms with Crippen LogP contribution in [-0.2, 0) is 26.2 Å². The Morgan fingerprint density at radius 3 is 2.20 bits per heavy atom. The Balaban J connectivity index is 2.13. The number of anilines is 1. The van der Waals surface area contributed by atoms with Gasteiger partial charge in [-0.1, -0.05) is 59.9 Å². The van der Waals surface area contributed by atoms with Gasteiger partial charge in [-0.15, -0.1) is 0 Å². The number of nitrogens with one attached hydrogen (secondary N) is 1. The molecule has 0 heterocycles. The molecule has 12 heteroatoms. The summed E-state index contributed by atoms with van der Waals surface area (Å²) in [7, 11) is -4.29. The van der Waals surface area contributed by atoms with Gasteiger partial charge in [0.2, 0.25) is 11.8 Å². The average molecular weight is 641 g/mol. The maximum absolute atomic E-state index is 14.1. The van der Waals surface area contributed by atoms with Gasteiger partial charge in [0.05, 0.1) is 17.2 Å². The number of nitrogens with zero attached hydrogens (tertiary/aromatic N) is 2. The zero-order valence-electron chi connectivity index (χ0n) is 22.9. The summed E-state index contributed by atoms with van der Waals surface area (Å²) in [6.07, 6.45) is 0.280. The Kier molecular flexibility index (Phi) is 11.7. The van der Waals surface area contributed by atoms with Gasteiger partial charge in [0.25, 0.3) is 10.0 Å². The summed E-state index contributed by atoms with van der Waals surface area (Å²) in [5.74, 6) is -0.698. The minimum Gasteiger partial charge on any atom is -0.492 e. The van der Waals surface area contributed by atoms with Crippen LogP contribution >= 0.6 is 34.8 Å². The summed E-state index contributed by atoms with van der Waals surface area (Å²) in [4.78, 5) is 28.5. The molecule has 2 amide bonds. The quantitative estimate of drug-likeness (QED) is 0.241. The van der Waals surface area contributed by atoms with Crippen molar-refractivity contribution in [3.05, 3.63) is 87.4 Å². The van der Waals surface area contributed by atoms with Crippen molar-refractivity contribution in [3.63, 3.8) is 0 Å². The number of amides is 2. The number of halogens is 3. The van der Waals surface area contributed by atoms with Crippen molar-refractivity contribution in [2.24, 2.45) is 0 Å². The molecular formula is C29H32Cl3N3O5S. The van der Waals surface area contributed by atoms with Crippen LogP contribution in [0, 0.1) is 0 Å². The molecule has 8 nitrogen and oxygen atoms in total.